The maximum atomic E-state index is 12.6. The van der Waals surface area contributed by atoms with Crippen molar-refractivity contribution < 1.29 is 14.3 Å². The Morgan fingerprint density at radius 1 is 1.32 bits per heavy atom. The second-order valence-electron chi connectivity index (χ2n) is 9.02. The van der Waals surface area contributed by atoms with E-state index in [0.29, 0.717) is 5.13 Å². The lowest BCUT2D eigenvalue weighted by atomic mass is 10.1. The molecule has 2 aromatic rings. The van der Waals surface area contributed by atoms with Crippen LogP contribution in [0, 0.1) is 5.92 Å². The first-order chi connectivity index (χ1) is 14.6. The van der Waals surface area contributed by atoms with Gasteiger partial charge in [0.1, 0.15) is 5.60 Å². The molecule has 1 aliphatic rings. The zero-order valence-corrected chi connectivity index (χ0v) is 19.7. The van der Waals surface area contributed by atoms with Crippen LogP contribution in [-0.2, 0) is 9.53 Å². The van der Waals surface area contributed by atoms with Gasteiger partial charge in [0.15, 0.2) is 5.13 Å². The van der Waals surface area contributed by atoms with Crippen LogP contribution in [0.3, 0.4) is 0 Å². The summed E-state index contributed by atoms with van der Waals surface area (Å²) in [5, 5.41) is 5.52. The summed E-state index contributed by atoms with van der Waals surface area (Å²) in [6.45, 7) is 8.51. The summed E-state index contributed by atoms with van der Waals surface area (Å²) >= 11 is 1.44. The van der Waals surface area contributed by atoms with Crippen molar-refractivity contribution in [1.29, 1.82) is 0 Å². The highest BCUT2D eigenvalue weighted by Gasteiger charge is 2.29. The van der Waals surface area contributed by atoms with E-state index >= 15 is 0 Å². The van der Waals surface area contributed by atoms with Crippen molar-refractivity contribution in [2.45, 2.75) is 52.2 Å². The molecule has 2 atom stereocenters. The van der Waals surface area contributed by atoms with Crippen LogP contribution >= 0.6 is 11.3 Å². The lowest BCUT2D eigenvalue weighted by molar-refractivity contribution is -0.119. The second-order valence-corrected chi connectivity index (χ2v) is 9.87. The number of hydrogen-bond acceptors (Lipinski definition) is 6. The Kier molecular flexibility index (Phi) is 7.20. The van der Waals surface area contributed by atoms with Gasteiger partial charge in [-0.25, -0.2) is 9.78 Å². The summed E-state index contributed by atoms with van der Waals surface area (Å²) in [6, 6.07) is 10.6. The molecule has 1 unspecified atom stereocenters. The third-order valence-electron chi connectivity index (χ3n) is 5.13. The number of benzene rings is 1. The average Bonchev–Trinajstić information content (AvgIpc) is 3.36. The van der Waals surface area contributed by atoms with Gasteiger partial charge in [-0.05, 0) is 45.7 Å². The van der Waals surface area contributed by atoms with E-state index in [1.54, 1.807) is 14.0 Å². The molecule has 0 saturated carbocycles. The Morgan fingerprint density at radius 2 is 2.03 bits per heavy atom. The molecule has 31 heavy (non-hydrogen) atoms. The number of carbonyl (C=O) groups is 2. The SMILES string of the molecule is CC(CN(C)C(=O)OC(C)(C)C)C(=O)Nc1nc([C@H]2CCCN2c2ccccc2)cs1. The normalized spacial score (nSPS) is 17.3. The van der Waals surface area contributed by atoms with E-state index in [9.17, 15) is 9.59 Å². The molecule has 7 nitrogen and oxygen atoms in total. The van der Waals surface area contributed by atoms with Gasteiger partial charge in [0, 0.05) is 31.2 Å². The fraction of sp³-hybridized carbons (Fsp3) is 0.522. The van der Waals surface area contributed by atoms with Crippen molar-refractivity contribution >= 4 is 34.2 Å². The number of aromatic nitrogens is 1. The van der Waals surface area contributed by atoms with Crippen LogP contribution < -0.4 is 10.2 Å². The van der Waals surface area contributed by atoms with Crippen LogP contribution in [-0.4, -0.2) is 47.6 Å². The van der Waals surface area contributed by atoms with E-state index in [1.807, 2.05) is 44.4 Å². The molecular formula is C23H32N4O3S. The van der Waals surface area contributed by atoms with Gasteiger partial charge in [0.05, 0.1) is 17.7 Å². The largest absolute Gasteiger partial charge is 0.444 e. The summed E-state index contributed by atoms with van der Waals surface area (Å²) < 4.78 is 5.35. The zero-order chi connectivity index (χ0) is 22.6. The summed E-state index contributed by atoms with van der Waals surface area (Å²) in [5.74, 6) is -0.556. The molecule has 8 heteroatoms. The molecule has 0 radical (unpaired) electrons. The van der Waals surface area contributed by atoms with Gasteiger partial charge in [-0.1, -0.05) is 25.1 Å². The summed E-state index contributed by atoms with van der Waals surface area (Å²) in [7, 11) is 1.64. The minimum absolute atomic E-state index is 0.164. The molecule has 0 aliphatic carbocycles. The molecule has 1 saturated heterocycles. The van der Waals surface area contributed by atoms with E-state index < -0.39 is 17.6 Å². The number of nitrogens with zero attached hydrogens (tertiary/aromatic N) is 3. The van der Waals surface area contributed by atoms with Crippen LogP contribution in [0.25, 0.3) is 0 Å². The monoisotopic (exact) mass is 444 g/mol. The van der Waals surface area contributed by atoms with Crippen molar-refractivity contribution in [3.05, 3.63) is 41.4 Å². The zero-order valence-electron chi connectivity index (χ0n) is 18.9. The maximum absolute atomic E-state index is 12.6. The number of nitrogens with one attached hydrogen (secondary N) is 1. The molecule has 1 aromatic carbocycles. The van der Waals surface area contributed by atoms with E-state index in [2.05, 4.69) is 22.3 Å². The molecule has 1 aromatic heterocycles. The number of carbonyl (C=O) groups excluding carboxylic acids is 2. The molecule has 1 fully saturated rings. The van der Waals surface area contributed by atoms with Crippen LogP contribution in [0.15, 0.2) is 35.7 Å². The maximum Gasteiger partial charge on any atom is 0.410 e. The van der Waals surface area contributed by atoms with E-state index in [4.69, 9.17) is 9.72 Å². The Morgan fingerprint density at radius 3 is 2.71 bits per heavy atom. The van der Waals surface area contributed by atoms with Crippen molar-refractivity contribution in [3.8, 4) is 0 Å². The number of anilines is 2. The van der Waals surface area contributed by atoms with Crippen LogP contribution in [0.2, 0.25) is 0 Å². The highest BCUT2D eigenvalue weighted by atomic mass is 32.1. The smallest absolute Gasteiger partial charge is 0.410 e. The average molecular weight is 445 g/mol. The van der Waals surface area contributed by atoms with E-state index in [1.165, 1.54) is 21.9 Å². The Bertz CT molecular complexity index is 894. The molecule has 0 spiro atoms. The van der Waals surface area contributed by atoms with Crippen LogP contribution in [0.1, 0.15) is 52.3 Å². The number of amides is 2. The topological polar surface area (TPSA) is 74.8 Å². The first-order valence-electron chi connectivity index (χ1n) is 10.7. The first kappa shape index (κ1) is 23.1. The molecule has 1 N–H and O–H groups in total. The molecule has 1 aliphatic heterocycles. The van der Waals surface area contributed by atoms with Crippen molar-refractivity contribution in [2.24, 2.45) is 5.92 Å². The van der Waals surface area contributed by atoms with E-state index in [0.717, 1.165) is 25.1 Å². The number of thiazole rings is 1. The lowest BCUT2D eigenvalue weighted by Gasteiger charge is -2.26. The van der Waals surface area contributed by atoms with Gasteiger partial charge in [-0.15, -0.1) is 11.3 Å². The third-order valence-corrected chi connectivity index (χ3v) is 5.91. The Hall–Kier alpha value is -2.61. The van der Waals surface area contributed by atoms with Crippen molar-refractivity contribution in [3.63, 3.8) is 0 Å². The summed E-state index contributed by atoms with van der Waals surface area (Å²) in [4.78, 5) is 33.3. The fourth-order valence-corrected chi connectivity index (χ4v) is 4.40. The van der Waals surface area contributed by atoms with Crippen molar-refractivity contribution in [2.75, 3.05) is 30.4 Å². The minimum atomic E-state index is -0.567. The lowest BCUT2D eigenvalue weighted by Crippen LogP contribution is -2.39. The molecular weight excluding hydrogens is 412 g/mol. The minimum Gasteiger partial charge on any atom is -0.444 e. The molecule has 0 bridgehead atoms. The van der Waals surface area contributed by atoms with Crippen molar-refractivity contribution in [1.82, 2.24) is 9.88 Å². The Balaban J connectivity index is 1.58. The number of para-hydroxylation sites is 1. The quantitative estimate of drug-likeness (QED) is 0.684. The first-order valence-corrected chi connectivity index (χ1v) is 11.5. The van der Waals surface area contributed by atoms with Gasteiger partial charge in [-0.3, -0.25) is 4.79 Å². The van der Waals surface area contributed by atoms with Gasteiger partial charge < -0.3 is 19.9 Å². The van der Waals surface area contributed by atoms with Crippen LogP contribution in [0.4, 0.5) is 15.6 Å². The standard InChI is InChI=1S/C23H32N4O3S/c1-16(14-26(5)22(29)30-23(2,3)4)20(28)25-21-24-18(15-31-21)19-12-9-13-27(19)17-10-7-6-8-11-17/h6-8,10-11,15-16,19H,9,12-14H2,1-5H3,(H,24,25,28)/t16?,19-/m1/s1. The highest BCUT2D eigenvalue weighted by Crippen LogP contribution is 2.37. The number of rotatable bonds is 6. The number of hydrogen-bond donors (Lipinski definition) is 1. The van der Waals surface area contributed by atoms with Gasteiger partial charge in [0.2, 0.25) is 5.91 Å². The molecule has 3 rings (SSSR count). The summed E-state index contributed by atoms with van der Waals surface area (Å²) in [6.07, 6.45) is 1.72. The molecule has 2 amide bonds. The predicted molar refractivity (Wildman–Crippen MR) is 125 cm³/mol. The predicted octanol–water partition coefficient (Wildman–Crippen LogP) is 4.93. The van der Waals surface area contributed by atoms with E-state index in [-0.39, 0.29) is 18.5 Å². The number of ether oxygens (including phenoxy) is 1. The Labute approximate surface area is 188 Å². The fourth-order valence-electron chi connectivity index (χ4n) is 3.64. The third kappa shape index (κ3) is 6.19. The summed E-state index contributed by atoms with van der Waals surface area (Å²) in [5.41, 5.74) is 1.62. The molecule has 2 heterocycles. The van der Waals surface area contributed by atoms with Gasteiger partial charge in [0.25, 0.3) is 0 Å². The highest BCUT2D eigenvalue weighted by molar-refractivity contribution is 7.13. The second kappa shape index (κ2) is 9.68. The molecule has 168 valence electrons. The van der Waals surface area contributed by atoms with Gasteiger partial charge in [-0.2, -0.15) is 0 Å². The van der Waals surface area contributed by atoms with Crippen LogP contribution in [0.5, 0.6) is 0 Å². The van der Waals surface area contributed by atoms with Gasteiger partial charge >= 0.3 is 6.09 Å².